The van der Waals surface area contributed by atoms with Gasteiger partial charge >= 0.3 is 0 Å². The number of nitrogens with one attached hydrogen (secondary N) is 1. The van der Waals surface area contributed by atoms with Crippen LogP contribution < -0.4 is 5.32 Å². The average Bonchev–Trinajstić information content (AvgIpc) is 3.52. The molecule has 1 aromatic carbocycles. The lowest BCUT2D eigenvalue weighted by Gasteiger charge is -2.36. The predicted molar refractivity (Wildman–Crippen MR) is 111 cm³/mol. The van der Waals surface area contributed by atoms with Crippen molar-refractivity contribution in [2.75, 3.05) is 26.2 Å². The molecule has 30 heavy (non-hydrogen) atoms. The van der Waals surface area contributed by atoms with E-state index < -0.39 is 6.04 Å². The van der Waals surface area contributed by atoms with Gasteiger partial charge in [0.2, 0.25) is 5.91 Å². The first-order chi connectivity index (χ1) is 14.6. The Morgan fingerprint density at radius 2 is 1.60 bits per heavy atom. The first-order valence-corrected chi connectivity index (χ1v) is 10.6. The SMILES string of the molecule is O=C(N[C@H](C(=O)N1CCCC1)C1CCN(C(=O)c2ccco2)CC1)c1ccccc1. The van der Waals surface area contributed by atoms with Crippen molar-refractivity contribution in [3.63, 3.8) is 0 Å². The van der Waals surface area contributed by atoms with Crippen molar-refractivity contribution >= 4 is 17.7 Å². The summed E-state index contributed by atoms with van der Waals surface area (Å²) in [5.41, 5.74) is 0.544. The van der Waals surface area contributed by atoms with Gasteiger partial charge in [0, 0.05) is 31.7 Å². The predicted octanol–water partition coefficient (Wildman–Crippen LogP) is 2.55. The van der Waals surface area contributed by atoms with Crippen molar-refractivity contribution in [2.45, 2.75) is 31.7 Å². The highest BCUT2D eigenvalue weighted by Gasteiger charge is 2.37. The Morgan fingerprint density at radius 1 is 0.900 bits per heavy atom. The van der Waals surface area contributed by atoms with Gasteiger partial charge in [0.1, 0.15) is 6.04 Å². The van der Waals surface area contributed by atoms with E-state index in [0.29, 0.717) is 37.3 Å². The molecule has 2 fully saturated rings. The third-order valence-corrected chi connectivity index (χ3v) is 6.04. The summed E-state index contributed by atoms with van der Waals surface area (Å²) in [6, 6.07) is 11.8. The monoisotopic (exact) mass is 409 g/mol. The number of benzene rings is 1. The van der Waals surface area contributed by atoms with E-state index in [4.69, 9.17) is 4.42 Å². The molecular weight excluding hydrogens is 382 g/mol. The maximum Gasteiger partial charge on any atom is 0.289 e. The summed E-state index contributed by atoms with van der Waals surface area (Å²) in [5, 5.41) is 3.00. The van der Waals surface area contributed by atoms with Gasteiger partial charge in [0.05, 0.1) is 6.26 Å². The highest BCUT2D eigenvalue weighted by molar-refractivity contribution is 5.97. The molecule has 1 aromatic heterocycles. The Hall–Kier alpha value is -3.09. The second kappa shape index (κ2) is 9.15. The van der Waals surface area contributed by atoms with E-state index >= 15 is 0 Å². The summed E-state index contributed by atoms with van der Waals surface area (Å²) in [6.45, 7) is 2.56. The van der Waals surface area contributed by atoms with Gasteiger partial charge in [-0.1, -0.05) is 18.2 Å². The summed E-state index contributed by atoms with van der Waals surface area (Å²) in [6.07, 6.45) is 4.81. The van der Waals surface area contributed by atoms with E-state index in [2.05, 4.69) is 5.32 Å². The number of nitrogens with zero attached hydrogens (tertiary/aromatic N) is 2. The summed E-state index contributed by atoms with van der Waals surface area (Å²) >= 11 is 0. The smallest absolute Gasteiger partial charge is 0.289 e. The van der Waals surface area contributed by atoms with Gasteiger partial charge in [-0.25, -0.2) is 0 Å². The maximum atomic E-state index is 13.2. The minimum absolute atomic E-state index is 0.00686. The van der Waals surface area contributed by atoms with Crippen LogP contribution in [-0.2, 0) is 4.79 Å². The quantitative estimate of drug-likeness (QED) is 0.823. The molecule has 4 rings (SSSR count). The van der Waals surface area contributed by atoms with Crippen molar-refractivity contribution in [1.82, 2.24) is 15.1 Å². The number of likely N-dealkylation sites (tertiary alicyclic amines) is 2. The van der Waals surface area contributed by atoms with E-state index in [-0.39, 0.29) is 23.6 Å². The van der Waals surface area contributed by atoms with Gasteiger partial charge in [-0.2, -0.15) is 0 Å². The van der Waals surface area contributed by atoms with Gasteiger partial charge in [0.25, 0.3) is 11.8 Å². The average molecular weight is 409 g/mol. The topological polar surface area (TPSA) is 82.9 Å². The number of rotatable bonds is 5. The molecule has 3 heterocycles. The van der Waals surface area contributed by atoms with Crippen molar-refractivity contribution in [1.29, 1.82) is 0 Å². The molecule has 2 saturated heterocycles. The molecule has 0 aliphatic carbocycles. The lowest BCUT2D eigenvalue weighted by Crippen LogP contribution is -2.54. The van der Waals surface area contributed by atoms with Crippen LogP contribution in [0.5, 0.6) is 0 Å². The highest BCUT2D eigenvalue weighted by atomic mass is 16.3. The van der Waals surface area contributed by atoms with Crippen LogP contribution in [0.1, 0.15) is 46.6 Å². The van der Waals surface area contributed by atoms with Crippen LogP contribution in [0.2, 0.25) is 0 Å². The van der Waals surface area contributed by atoms with E-state index in [1.165, 1.54) is 6.26 Å². The molecule has 2 aromatic rings. The molecule has 7 nitrogen and oxygen atoms in total. The Morgan fingerprint density at radius 3 is 2.23 bits per heavy atom. The standard InChI is InChI=1S/C23H27N3O4/c27-21(18-7-2-1-3-8-18)24-20(23(29)25-12-4-5-13-25)17-10-14-26(15-11-17)22(28)19-9-6-16-30-19/h1-3,6-9,16-17,20H,4-5,10-15H2,(H,24,27)/t20-/m0/s1. The fourth-order valence-corrected chi connectivity index (χ4v) is 4.32. The van der Waals surface area contributed by atoms with Crippen LogP contribution in [0.25, 0.3) is 0 Å². The second-order valence-corrected chi connectivity index (χ2v) is 7.96. The van der Waals surface area contributed by atoms with Crippen molar-refractivity contribution < 1.29 is 18.8 Å². The molecule has 2 aliphatic rings. The lowest BCUT2D eigenvalue weighted by molar-refractivity contribution is -0.134. The number of hydrogen-bond donors (Lipinski definition) is 1. The molecular formula is C23H27N3O4. The number of furan rings is 1. The number of carbonyl (C=O) groups excluding carboxylic acids is 3. The van der Waals surface area contributed by atoms with Gasteiger partial charge < -0.3 is 19.5 Å². The minimum Gasteiger partial charge on any atom is -0.459 e. The Balaban J connectivity index is 1.45. The second-order valence-electron chi connectivity index (χ2n) is 7.96. The molecule has 158 valence electrons. The summed E-state index contributed by atoms with van der Waals surface area (Å²) in [4.78, 5) is 42.2. The molecule has 2 aliphatic heterocycles. The van der Waals surface area contributed by atoms with Gasteiger partial charge in [-0.05, 0) is 55.9 Å². The normalized spacial score (nSPS) is 18.3. The van der Waals surface area contributed by atoms with Crippen LogP contribution >= 0.6 is 0 Å². The molecule has 3 amide bonds. The number of piperidine rings is 1. The molecule has 0 saturated carbocycles. The molecule has 1 atom stereocenters. The first-order valence-electron chi connectivity index (χ1n) is 10.6. The molecule has 1 N–H and O–H groups in total. The third-order valence-electron chi connectivity index (χ3n) is 6.04. The van der Waals surface area contributed by atoms with Gasteiger partial charge in [-0.3, -0.25) is 14.4 Å². The summed E-state index contributed by atoms with van der Waals surface area (Å²) < 4.78 is 5.22. The lowest BCUT2D eigenvalue weighted by atomic mass is 9.88. The zero-order valence-corrected chi connectivity index (χ0v) is 17.0. The highest BCUT2D eigenvalue weighted by Crippen LogP contribution is 2.25. The largest absolute Gasteiger partial charge is 0.459 e. The molecule has 7 heteroatoms. The fourth-order valence-electron chi connectivity index (χ4n) is 4.32. The van der Waals surface area contributed by atoms with Gasteiger partial charge in [-0.15, -0.1) is 0 Å². The Bertz CT molecular complexity index is 867. The Labute approximate surface area is 176 Å². The van der Waals surface area contributed by atoms with E-state index in [1.807, 2.05) is 23.1 Å². The molecule has 0 radical (unpaired) electrons. The van der Waals surface area contributed by atoms with Crippen LogP contribution in [0, 0.1) is 5.92 Å². The van der Waals surface area contributed by atoms with E-state index in [0.717, 1.165) is 25.9 Å². The van der Waals surface area contributed by atoms with Crippen LogP contribution in [0.15, 0.2) is 53.1 Å². The Kier molecular flexibility index (Phi) is 6.16. The molecule has 0 bridgehead atoms. The van der Waals surface area contributed by atoms with Crippen LogP contribution in [-0.4, -0.2) is 59.7 Å². The van der Waals surface area contributed by atoms with Crippen LogP contribution in [0.4, 0.5) is 0 Å². The summed E-state index contributed by atoms with van der Waals surface area (Å²) in [7, 11) is 0. The van der Waals surface area contributed by atoms with Crippen molar-refractivity contribution in [3.05, 3.63) is 60.1 Å². The molecule has 0 spiro atoms. The van der Waals surface area contributed by atoms with E-state index in [9.17, 15) is 14.4 Å². The van der Waals surface area contributed by atoms with Crippen molar-refractivity contribution in [2.24, 2.45) is 5.92 Å². The maximum absolute atomic E-state index is 13.2. The van der Waals surface area contributed by atoms with Crippen LogP contribution in [0.3, 0.4) is 0 Å². The first kappa shape index (κ1) is 20.2. The summed E-state index contributed by atoms with van der Waals surface area (Å²) in [5.74, 6) is -0.0500. The number of amides is 3. The van der Waals surface area contributed by atoms with Gasteiger partial charge in [0.15, 0.2) is 5.76 Å². The minimum atomic E-state index is -0.573. The van der Waals surface area contributed by atoms with Crippen molar-refractivity contribution in [3.8, 4) is 0 Å². The molecule has 0 unspecified atom stereocenters. The zero-order chi connectivity index (χ0) is 20.9. The van der Waals surface area contributed by atoms with E-state index in [1.54, 1.807) is 29.2 Å². The fraction of sp³-hybridized carbons (Fsp3) is 0.435. The number of carbonyl (C=O) groups is 3. The third kappa shape index (κ3) is 4.40. The number of hydrogen-bond acceptors (Lipinski definition) is 4. The zero-order valence-electron chi connectivity index (χ0n) is 17.0.